The fourth-order valence-electron chi connectivity index (χ4n) is 1.23. The zero-order valence-electron chi connectivity index (χ0n) is 9.60. The number of rotatable bonds is 3. The summed E-state index contributed by atoms with van der Waals surface area (Å²) >= 11 is 6.66. The minimum absolute atomic E-state index is 0. The maximum Gasteiger partial charge on any atom is 0.143 e. The molecule has 0 saturated heterocycles. The lowest BCUT2D eigenvalue weighted by atomic mass is 10.1. The summed E-state index contributed by atoms with van der Waals surface area (Å²) < 4.78 is 2.43. The molecule has 0 radical (unpaired) electrons. The number of quaternary nitrogens is 1. The molecule has 0 spiro atoms. The van der Waals surface area contributed by atoms with E-state index in [0.717, 1.165) is 26.4 Å². The largest absolute Gasteiger partial charge is 1.00 e. The van der Waals surface area contributed by atoms with Crippen LogP contribution in [0.2, 0.25) is 0 Å². The van der Waals surface area contributed by atoms with E-state index in [9.17, 15) is 5.11 Å². The summed E-state index contributed by atoms with van der Waals surface area (Å²) in [4.78, 5) is 0. The molecule has 0 unspecified atom stereocenters. The number of halogens is 3. The maximum atomic E-state index is 9.56. The van der Waals surface area contributed by atoms with E-state index >= 15 is 0 Å². The van der Waals surface area contributed by atoms with Gasteiger partial charge in [0.25, 0.3) is 0 Å². The molecule has 0 fully saturated rings. The number of likely N-dealkylation sites (N-methyl/N-ethyl adjacent to an activating group) is 1. The lowest BCUT2D eigenvalue weighted by Gasteiger charge is -2.23. The van der Waals surface area contributed by atoms with Crippen LogP contribution in [-0.4, -0.2) is 37.3 Å². The summed E-state index contributed by atoms with van der Waals surface area (Å²) in [5.41, 5.74) is 1.22. The van der Waals surface area contributed by atoms with Crippen molar-refractivity contribution in [2.75, 3.05) is 27.7 Å². The molecule has 0 saturated carbocycles. The Hall–Kier alpha value is 0.230. The average molecular weight is 374 g/mol. The quantitative estimate of drug-likeness (QED) is 0.749. The van der Waals surface area contributed by atoms with Gasteiger partial charge in [0.05, 0.1) is 36.6 Å². The summed E-state index contributed by atoms with van der Waals surface area (Å²) in [5.74, 6) is 0.268. The molecule has 1 rings (SSSR count). The van der Waals surface area contributed by atoms with E-state index in [1.807, 2.05) is 12.1 Å². The molecule has 16 heavy (non-hydrogen) atoms. The highest BCUT2D eigenvalue weighted by molar-refractivity contribution is 9.11. The van der Waals surface area contributed by atoms with Crippen molar-refractivity contribution in [1.29, 1.82) is 0 Å². The standard InChI is InChI=1S/C11H15Br2NO.ClH/c1-14(2,3)5-4-8-6-9(12)11(15)10(13)7-8;/h6-7H,4-5H2,1-3H3;1H. The van der Waals surface area contributed by atoms with Gasteiger partial charge in [-0.2, -0.15) is 0 Å². The maximum absolute atomic E-state index is 9.56. The van der Waals surface area contributed by atoms with E-state index in [0.29, 0.717) is 0 Å². The minimum atomic E-state index is 0. The Morgan fingerprint density at radius 3 is 1.94 bits per heavy atom. The highest BCUT2D eigenvalue weighted by Crippen LogP contribution is 2.33. The third-order valence-electron chi connectivity index (χ3n) is 2.15. The van der Waals surface area contributed by atoms with Gasteiger partial charge in [-0.15, -0.1) is 0 Å². The molecule has 0 heterocycles. The molecule has 0 atom stereocenters. The normalized spacial score (nSPS) is 11.1. The summed E-state index contributed by atoms with van der Waals surface area (Å²) in [6.45, 7) is 1.07. The van der Waals surface area contributed by atoms with Crippen LogP contribution < -0.4 is 12.4 Å². The molecule has 1 N–H and O–H groups in total. The van der Waals surface area contributed by atoms with Gasteiger partial charge in [-0.3, -0.25) is 0 Å². The van der Waals surface area contributed by atoms with E-state index in [1.165, 1.54) is 5.56 Å². The van der Waals surface area contributed by atoms with Crippen LogP contribution in [0.25, 0.3) is 0 Å². The lowest BCUT2D eigenvalue weighted by Crippen LogP contribution is -3.00. The second-order valence-electron chi connectivity index (χ2n) is 4.67. The Balaban J connectivity index is 0.00000225. The topological polar surface area (TPSA) is 20.2 Å². The highest BCUT2D eigenvalue weighted by atomic mass is 79.9. The number of phenolic OH excluding ortho intramolecular Hbond substituents is 1. The van der Waals surface area contributed by atoms with Gasteiger partial charge in [0, 0.05) is 6.42 Å². The number of aromatic hydroxyl groups is 1. The van der Waals surface area contributed by atoms with E-state index < -0.39 is 0 Å². The molecule has 1 aromatic carbocycles. The van der Waals surface area contributed by atoms with Crippen LogP contribution in [0.3, 0.4) is 0 Å². The smallest absolute Gasteiger partial charge is 0.143 e. The van der Waals surface area contributed by atoms with Gasteiger partial charge in [0.2, 0.25) is 0 Å². The Morgan fingerprint density at radius 1 is 1.12 bits per heavy atom. The number of benzene rings is 1. The molecule has 2 nitrogen and oxygen atoms in total. The predicted octanol–water partition coefficient (Wildman–Crippen LogP) is 0.170. The Morgan fingerprint density at radius 2 is 1.56 bits per heavy atom. The first kappa shape index (κ1) is 16.2. The molecular weight excluding hydrogens is 357 g/mol. The van der Waals surface area contributed by atoms with Gasteiger partial charge in [-0.25, -0.2) is 0 Å². The fraction of sp³-hybridized carbons (Fsp3) is 0.455. The number of hydrogen-bond acceptors (Lipinski definition) is 1. The van der Waals surface area contributed by atoms with Crippen molar-refractivity contribution in [2.45, 2.75) is 6.42 Å². The second kappa shape index (κ2) is 6.24. The first-order valence-corrected chi connectivity index (χ1v) is 6.35. The summed E-state index contributed by atoms with van der Waals surface area (Å²) in [6.07, 6.45) is 1.00. The van der Waals surface area contributed by atoms with Crippen molar-refractivity contribution in [2.24, 2.45) is 0 Å². The Kier molecular flexibility index (Phi) is 6.33. The number of nitrogens with zero attached hydrogens (tertiary/aromatic N) is 1. The predicted molar refractivity (Wildman–Crippen MR) is 70.1 cm³/mol. The summed E-state index contributed by atoms with van der Waals surface area (Å²) in [6, 6.07) is 3.94. The molecule has 0 amide bonds. The van der Waals surface area contributed by atoms with Gasteiger partial charge in [-0.05, 0) is 49.6 Å². The number of phenols is 1. The fourth-order valence-corrected chi connectivity index (χ4v) is 2.51. The molecule has 0 aromatic heterocycles. The monoisotopic (exact) mass is 371 g/mol. The minimum Gasteiger partial charge on any atom is -1.00 e. The molecule has 92 valence electrons. The third-order valence-corrected chi connectivity index (χ3v) is 3.36. The Bertz CT molecular complexity index is 340. The van der Waals surface area contributed by atoms with Crippen LogP contribution >= 0.6 is 31.9 Å². The van der Waals surface area contributed by atoms with Gasteiger partial charge >= 0.3 is 0 Å². The van der Waals surface area contributed by atoms with Crippen LogP contribution in [-0.2, 0) is 6.42 Å². The third kappa shape index (κ3) is 5.04. The molecule has 0 aliphatic carbocycles. The van der Waals surface area contributed by atoms with Crippen molar-refractivity contribution in [1.82, 2.24) is 0 Å². The van der Waals surface area contributed by atoms with Crippen LogP contribution in [0.1, 0.15) is 5.56 Å². The van der Waals surface area contributed by atoms with E-state index in [4.69, 9.17) is 0 Å². The first-order chi connectivity index (χ1) is 6.79. The molecule has 5 heteroatoms. The van der Waals surface area contributed by atoms with Gasteiger partial charge in [0.1, 0.15) is 5.75 Å². The van der Waals surface area contributed by atoms with Gasteiger partial charge in [0.15, 0.2) is 0 Å². The van der Waals surface area contributed by atoms with Crippen molar-refractivity contribution in [3.8, 4) is 5.75 Å². The summed E-state index contributed by atoms with van der Waals surface area (Å²) in [5, 5.41) is 9.56. The molecule has 0 aliphatic rings. The van der Waals surface area contributed by atoms with Crippen molar-refractivity contribution < 1.29 is 22.0 Å². The van der Waals surface area contributed by atoms with Crippen molar-refractivity contribution >= 4 is 31.9 Å². The Labute approximate surface area is 120 Å². The van der Waals surface area contributed by atoms with Crippen molar-refractivity contribution in [3.05, 3.63) is 26.6 Å². The van der Waals surface area contributed by atoms with Gasteiger partial charge in [-0.1, -0.05) is 0 Å². The van der Waals surface area contributed by atoms with Crippen LogP contribution in [0, 0.1) is 0 Å². The van der Waals surface area contributed by atoms with Gasteiger partial charge < -0.3 is 22.0 Å². The van der Waals surface area contributed by atoms with Crippen LogP contribution in [0.15, 0.2) is 21.1 Å². The zero-order chi connectivity index (χ0) is 11.6. The van der Waals surface area contributed by atoms with E-state index in [1.54, 1.807) is 0 Å². The SMILES string of the molecule is C[N+](C)(C)CCc1cc(Br)c(O)c(Br)c1.[Cl-]. The second-order valence-corrected chi connectivity index (χ2v) is 6.38. The molecule has 0 aliphatic heterocycles. The van der Waals surface area contributed by atoms with E-state index in [-0.39, 0.29) is 18.2 Å². The molecular formula is C11H16Br2ClNO. The molecule has 1 aromatic rings. The lowest BCUT2D eigenvalue weighted by molar-refractivity contribution is -0.870. The zero-order valence-corrected chi connectivity index (χ0v) is 13.5. The van der Waals surface area contributed by atoms with Crippen LogP contribution in [0.5, 0.6) is 5.75 Å². The van der Waals surface area contributed by atoms with E-state index in [2.05, 4.69) is 53.0 Å². The molecule has 0 bridgehead atoms. The van der Waals surface area contributed by atoms with Crippen molar-refractivity contribution in [3.63, 3.8) is 0 Å². The average Bonchev–Trinajstić information content (AvgIpc) is 2.09. The first-order valence-electron chi connectivity index (χ1n) is 4.77. The number of hydrogen-bond donors (Lipinski definition) is 1. The van der Waals surface area contributed by atoms with Crippen LogP contribution in [0.4, 0.5) is 0 Å². The highest BCUT2D eigenvalue weighted by Gasteiger charge is 2.10. The summed E-state index contributed by atoms with van der Waals surface area (Å²) in [7, 11) is 6.51.